The van der Waals surface area contributed by atoms with Crippen LogP contribution in [-0.2, 0) is 0 Å². The second kappa shape index (κ2) is 6.38. The average Bonchev–Trinajstić information content (AvgIpc) is 2.46. The van der Waals surface area contributed by atoms with Crippen LogP contribution in [0.5, 0.6) is 0 Å². The van der Waals surface area contributed by atoms with Gasteiger partial charge in [-0.05, 0) is 38.0 Å². The molecule has 0 aromatic heterocycles. The summed E-state index contributed by atoms with van der Waals surface area (Å²) in [6.45, 7) is 7.39. The second-order valence-corrected chi connectivity index (χ2v) is 5.04. The lowest BCUT2D eigenvalue weighted by Crippen LogP contribution is -2.30. The summed E-state index contributed by atoms with van der Waals surface area (Å²) in [4.78, 5) is 14.6. The zero-order valence-electron chi connectivity index (χ0n) is 12.4. The molecule has 0 radical (unpaired) electrons. The summed E-state index contributed by atoms with van der Waals surface area (Å²) in [5.41, 5.74) is 4.20. The van der Waals surface area contributed by atoms with Crippen molar-refractivity contribution in [3.8, 4) is 0 Å². The van der Waals surface area contributed by atoms with Gasteiger partial charge in [0.1, 0.15) is 0 Å². The molecular formula is C18H21NO. The zero-order valence-corrected chi connectivity index (χ0v) is 12.4. The Bertz CT molecular complexity index is 604. The van der Waals surface area contributed by atoms with Crippen molar-refractivity contribution in [2.24, 2.45) is 0 Å². The number of para-hydroxylation sites is 1. The zero-order chi connectivity index (χ0) is 14.5. The third-order valence-corrected chi connectivity index (χ3v) is 3.62. The van der Waals surface area contributed by atoms with Gasteiger partial charge in [-0.2, -0.15) is 0 Å². The van der Waals surface area contributed by atoms with E-state index in [2.05, 4.69) is 30.9 Å². The number of rotatable bonds is 5. The molecule has 0 aliphatic carbocycles. The molecule has 2 rings (SSSR count). The van der Waals surface area contributed by atoms with E-state index in [4.69, 9.17) is 0 Å². The highest BCUT2D eigenvalue weighted by Gasteiger charge is 2.14. The van der Waals surface area contributed by atoms with E-state index in [1.807, 2.05) is 43.3 Å². The Balaban J connectivity index is 2.21. The molecule has 0 amide bonds. The first-order chi connectivity index (χ1) is 9.63. The van der Waals surface area contributed by atoms with Crippen molar-refractivity contribution in [1.82, 2.24) is 0 Å². The molecule has 2 aromatic rings. The van der Waals surface area contributed by atoms with Crippen molar-refractivity contribution in [3.05, 3.63) is 65.2 Å². The van der Waals surface area contributed by atoms with E-state index < -0.39 is 0 Å². The largest absolute Gasteiger partial charge is 0.364 e. The highest BCUT2D eigenvalue weighted by Crippen LogP contribution is 2.20. The van der Waals surface area contributed by atoms with Crippen LogP contribution < -0.4 is 4.90 Å². The summed E-state index contributed by atoms with van der Waals surface area (Å²) < 4.78 is 0. The molecule has 2 nitrogen and oxygen atoms in total. The summed E-state index contributed by atoms with van der Waals surface area (Å²) in [6.07, 6.45) is 0. The normalized spacial score (nSPS) is 10.3. The molecule has 0 N–H and O–H groups in total. The van der Waals surface area contributed by atoms with Crippen LogP contribution in [0.15, 0.2) is 48.5 Å². The minimum Gasteiger partial charge on any atom is -0.364 e. The molecule has 0 saturated heterocycles. The summed E-state index contributed by atoms with van der Waals surface area (Å²) in [5.74, 6) is 0.174. The van der Waals surface area contributed by atoms with Gasteiger partial charge in [0, 0.05) is 17.8 Å². The average molecular weight is 267 g/mol. The minimum atomic E-state index is 0.174. The molecule has 20 heavy (non-hydrogen) atoms. The molecule has 0 heterocycles. The number of hydrogen-bond acceptors (Lipinski definition) is 2. The number of benzene rings is 2. The topological polar surface area (TPSA) is 20.3 Å². The summed E-state index contributed by atoms with van der Waals surface area (Å²) in [5, 5.41) is 0. The predicted octanol–water partition coefficient (Wildman–Crippen LogP) is 4.01. The van der Waals surface area contributed by atoms with Crippen LogP contribution >= 0.6 is 0 Å². The van der Waals surface area contributed by atoms with Gasteiger partial charge in [-0.15, -0.1) is 0 Å². The van der Waals surface area contributed by atoms with E-state index in [-0.39, 0.29) is 5.78 Å². The second-order valence-electron chi connectivity index (χ2n) is 5.04. The van der Waals surface area contributed by atoms with Crippen molar-refractivity contribution in [2.75, 3.05) is 18.0 Å². The first-order valence-corrected chi connectivity index (χ1v) is 7.03. The number of nitrogens with zero attached hydrogens (tertiary/aromatic N) is 1. The van der Waals surface area contributed by atoms with Crippen molar-refractivity contribution in [2.45, 2.75) is 20.8 Å². The number of Topliss-reactive ketones (excluding diaryl/α,β-unsaturated/α-hetero) is 1. The lowest BCUT2D eigenvalue weighted by molar-refractivity contribution is 0.0998. The Morgan fingerprint density at radius 1 is 0.950 bits per heavy atom. The summed E-state index contributed by atoms with van der Waals surface area (Å²) in [6, 6.07) is 16.0. The van der Waals surface area contributed by atoms with E-state index in [1.165, 1.54) is 5.56 Å². The van der Waals surface area contributed by atoms with Gasteiger partial charge in [0.15, 0.2) is 5.78 Å². The van der Waals surface area contributed by atoms with E-state index in [0.29, 0.717) is 6.54 Å². The van der Waals surface area contributed by atoms with Crippen LogP contribution in [0, 0.1) is 13.8 Å². The first-order valence-electron chi connectivity index (χ1n) is 7.03. The maximum atomic E-state index is 12.5. The molecule has 2 heteroatoms. The van der Waals surface area contributed by atoms with Crippen molar-refractivity contribution in [1.29, 1.82) is 0 Å². The lowest BCUT2D eigenvalue weighted by atomic mass is 10.0. The minimum absolute atomic E-state index is 0.174. The smallest absolute Gasteiger partial charge is 0.182 e. The van der Waals surface area contributed by atoms with Crippen LogP contribution in [0.1, 0.15) is 28.4 Å². The fourth-order valence-electron chi connectivity index (χ4n) is 2.43. The number of likely N-dealkylation sites (N-methyl/N-ethyl adjacent to an activating group) is 1. The molecule has 0 atom stereocenters. The Morgan fingerprint density at radius 3 is 2.15 bits per heavy atom. The highest BCUT2D eigenvalue weighted by atomic mass is 16.1. The van der Waals surface area contributed by atoms with Gasteiger partial charge in [0.2, 0.25) is 0 Å². The number of carbonyl (C=O) groups excluding carboxylic acids is 1. The quantitative estimate of drug-likeness (QED) is 0.763. The summed E-state index contributed by atoms with van der Waals surface area (Å²) in [7, 11) is 0. The van der Waals surface area contributed by atoms with E-state index in [0.717, 1.165) is 23.4 Å². The number of ketones is 1. The van der Waals surface area contributed by atoms with Gasteiger partial charge in [0.25, 0.3) is 0 Å². The molecule has 0 unspecified atom stereocenters. The number of carbonyl (C=O) groups is 1. The molecule has 0 bridgehead atoms. The van der Waals surface area contributed by atoms with Gasteiger partial charge >= 0.3 is 0 Å². The molecule has 0 aliphatic rings. The van der Waals surface area contributed by atoms with E-state index in [9.17, 15) is 4.79 Å². The molecule has 0 saturated carbocycles. The monoisotopic (exact) mass is 267 g/mol. The SMILES string of the molecule is CCN(CC(=O)c1ccccc1C)c1ccccc1C. The molecule has 0 fully saturated rings. The van der Waals surface area contributed by atoms with Gasteiger partial charge in [-0.25, -0.2) is 0 Å². The summed E-state index contributed by atoms with van der Waals surface area (Å²) >= 11 is 0. The number of aryl methyl sites for hydroxylation is 2. The standard InChI is InChI=1S/C18H21NO/c1-4-19(17-12-8-6-10-15(17)3)13-18(20)16-11-7-5-9-14(16)2/h5-12H,4,13H2,1-3H3. The van der Waals surface area contributed by atoms with Crippen molar-refractivity contribution in [3.63, 3.8) is 0 Å². The van der Waals surface area contributed by atoms with Gasteiger partial charge in [0.05, 0.1) is 6.54 Å². The fraction of sp³-hybridized carbons (Fsp3) is 0.278. The highest BCUT2D eigenvalue weighted by molar-refractivity contribution is 6.00. The molecular weight excluding hydrogens is 246 g/mol. The Labute approximate surface area is 121 Å². The fourth-order valence-corrected chi connectivity index (χ4v) is 2.43. The molecule has 104 valence electrons. The van der Waals surface area contributed by atoms with Crippen LogP contribution in [0.3, 0.4) is 0 Å². The first kappa shape index (κ1) is 14.3. The third kappa shape index (κ3) is 3.08. The predicted molar refractivity (Wildman–Crippen MR) is 84.6 cm³/mol. The molecule has 0 aliphatic heterocycles. The van der Waals surface area contributed by atoms with Crippen LogP contribution in [0.2, 0.25) is 0 Å². The third-order valence-electron chi connectivity index (χ3n) is 3.62. The Kier molecular flexibility index (Phi) is 4.57. The van der Waals surface area contributed by atoms with Crippen LogP contribution in [-0.4, -0.2) is 18.9 Å². The van der Waals surface area contributed by atoms with Crippen molar-refractivity contribution >= 4 is 11.5 Å². The molecule has 0 spiro atoms. The Hall–Kier alpha value is -2.09. The van der Waals surface area contributed by atoms with Gasteiger partial charge < -0.3 is 4.90 Å². The lowest BCUT2D eigenvalue weighted by Gasteiger charge is -2.24. The Morgan fingerprint density at radius 2 is 1.55 bits per heavy atom. The van der Waals surface area contributed by atoms with E-state index >= 15 is 0 Å². The van der Waals surface area contributed by atoms with Crippen molar-refractivity contribution < 1.29 is 4.79 Å². The molecule has 2 aromatic carbocycles. The number of anilines is 1. The number of hydrogen-bond donors (Lipinski definition) is 0. The van der Waals surface area contributed by atoms with E-state index in [1.54, 1.807) is 0 Å². The van der Waals surface area contributed by atoms with Crippen LogP contribution in [0.25, 0.3) is 0 Å². The van der Waals surface area contributed by atoms with Crippen LogP contribution in [0.4, 0.5) is 5.69 Å². The maximum Gasteiger partial charge on any atom is 0.182 e. The van der Waals surface area contributed by atoms with Gasteiger partial charge in [-0.3, -0.25) is 4.79 Å². The van der Waals surface area contributed by atoms with Gasteiger partial charge in [-0.1, -0.05) is 42.5 Å². The maximum absolute atomic E-state index is 12.5.